The third-order valence-corrected chi connectivity index (χ3v) is 5.06. The molecule has 2 aromatic carbocycles. The highest BCUT2D eigenvalue weighted by atomic mass is 19.1. The van der Waals surface area contributed by atoms with Crippen molar-refractivity contribution in [3.05, 3.63) is 65.0 Å². The largest absolute Gasteiger partial charge is 0.497 e. The molecule has 3 rings (SSSR count). The van der Waals surface area contributed by atoms with Crippen molar-refractivity contribution in [2.45, 2.75) is 19.5 Å². The van der Waals surface area contributed by atoms with Gasteiger partial charge in [0.15, 0.2) is 0 Å². The summed E-state index contributed by atoms with van der Waals surface area (Å²) >= 11 is 0. The first-order valence-corrected chi connectivity index (χ1v) is 9.06. The fourth-order valence-electron chi connectivity index (χ4n) is 3.58. The Morgan fingerprint density at radius 1 is 1.19 bits per heavy atom. The number of aliphatic carboxylic acids is 1. The summed E-state index contributed by atoms with van der Waals surface area (Å²) in [4.78, 5) is 16.0. The lowest BCUT2D eigenvalue weighted by atomic mass is 10.0. The summed E-state index contributed by atoms with van der Waals surface area (Å²) in [5, 5.41) is 9.72. The predicted octanol–water partition coefficient (Wildman–Crippen LogP) is 3.09. The number of nitrogens with zero attached hydrogens (tertiary/aromatic N) is 2. The van der Waals surface area contributed by atoms with Crippen molar-refractivity contribution in [2.75, 3.05) is 33.3 Å². The standard InChI is InChI=1S/C21H25FN2O3/c1-15-5-3-8-18(19(15)22)20(21(25)26)24-11-9-23(10-12-24)14-16-6-4-7-17(13-16)27-2/h3-8,13,20H,9-12,14H2,1-2H3,(H,25,26)/t20-/m1/s1. The van der Waals surface area contributed by atoms with Crippen molar-refractivity contribution < 1.29 is 19.0 Å². The molecule has 1 heterocycles. The van der Waals surface area contributed by atoms with Gasteiger partial charge in [0, 0.05) is 38.3 Å². The summed E-state index contributed by atoms with van der Waals surface area (Å²) in [5.41, 5.74) is 1.86. The Labute approximate surface area is 159 Å². The van der Waals surface area contributed by atoms with Gasteiger partial charge in [-0.15, -0.1) is 0 Å². The Kier molecular flexibility index (Phi) is 6.08. The van der Waals surface area contributed by atoms with Gasteiger partial charge in [0.2, 0.25) is 0 Å². The molecule has 1 fully saturated rings. The van der Waals surface area contributed by atoms with E-state index in [1.54, 1.807) is 32.2 Å². The SMILES string of the molecule is COc1cccc(CN2CCN([C@@H](C(=O)O)c3cccc(C)c3F)CC2)c1. The fourth-order valence-corrected chi connectivity index (χ4v) is 3.58. The van der Waals surface area contributed by atoms with Crippen molar-refractivity contribution in [3.63, 3.8) is 0 Å². The van der Waals surface area contributed by atoms with Gasteiger partial charge < -0.3 is 9.84 Å². The molecule has 0 spiro atoms. The molecule has 0 radical (unpaired) electrons. The van der Waals surface area contributed by atoms with Gasteiger partial charge in [0.25, 0.3) is 0 Å². The highest BCUT2D eigenvalue weighted by Gasteiger charge is 2.32. The topological polar surface area (TPSA) is 53.0 Å². The lowest BCUT2D eigenvalue weighted by Crippen LogP contribution is -2.49. The van der Waals surface area contributed by atoms with Crippen LogP contribution in [0.5, 0.6) is 5.75 Å². The summed E-state index contributed by atoms with van der Waals surface area (Å²) in [6.45, 7) is 5.05. The molecule has 2 aromatic rings. The highest BCUT2D eigenvalue weighted by molar-refractivity contribution is 5.75. The molecule has 0 amide bonds. The monoisotopic (exact) mass is 372 g/mol. The Hall–Kier alpha value is -2.44. The molecule has 0 aromatic heterocycles. The maximum Gasteiger partial charge on any atom is 0.325 e. The van der Waals surface area contributed by atoms with E-state index in [1.165, 1.54) is 0 Å². The second kappa shape index (κ2) is 8.50. The summed E-state index contributed by atoms with van der Waals surface area (Å²) in [6, 6.07) is 11.9. The van der Waals surface area contributed by atoms with Crippen LogP contribution >= 0.6 is 0 Å². The Morgan fingerprint density at radius 3 is 2.56 bits per heavy atom. The zero-order valence-corrected chi connectivity index (χ0v) is 15.7. The quantitative estimate of drug-likeness (QED) is 0.845. The van der Waals surface area contributed by atoms with Crippen LogP contribution in [0.15, 0.2) is 42.5 Å². The Bertz CT molecular complexity index is 804. The summed E-state index contributed by atoms with van der Waals surface area (Å²) in [5.74, 6) is -0.614. The minimum Gasteiger partial charge on any atom is -0.497 e. The molecule has 1 N–H and O–H groups in total. The third kappa shape index (κ3) is 4.46. The molecule has 1 atom stereocenters. The van der Waals surface area contributed by atoms with E-state index in [4.69, 9.17) is 4.74 Å². The average molecular weight is 372 g/mol. The molecule has 1 aliphatic rings. The number of rotatable bonds is 6. The molecular weight excluding hydrogens is 347 g/mol. The van der Waals surface area contributed by atoms with Gasteiger partial charge in [-0.2, -0.15) is 0 Å². The van der Waals surface area contributed by atoms with Crippen LogP contribution in [0.1, 0.15) is 22.7 Å². The van der Waals surface area contributed by atoms with E-state index in [9.17, 15) is 14.3 Å². The number of ether oxygens (including phenoxy) is 1. The van der Waals surface area contributed by atoms with Gasteiger partial charge in [-0.05, 0) is 30.2 Å². The van der Waals surface area contributed by atoms with Crippen molar-refractivity contribution in [2.24, 2.45) is 0 Å². The number of carboxylic acid groups (broad SMARTS) is 1. The molecule has 144 valence electrons. The average Bonchev–Trinajstić information content (AvgIpc) is 2.66. The maximum absolute atomic E-state index is 14.5. The number of carboxylic acids is 1. The molecule has 6 heteroatoms. The second-order valence-corrected chi connectivity index (χ2v) is 6.88. The normalized spacial score (nSPS) is 16.9. The van der Waals surface area contributed by atoms with Crippen molar-refractivity contribution in [1.29, 1.82) is 0 Å². The van der Waals surface area contributed by atoms with E-state index in [1.807, 2.05) is 23.1 Å². The van der Waals surface area contributed by atoms with Gasteiger partial charge >= 0.3 is 5.97 Å². The first kappa shape index (κ1) is 19.3. The highest BCUT2D eigenvalue weighted by Crippen LogP contribution is 2.27. The Morgan fingerprint density at radius 2 is 1.89 bits per heavy atom. The summed E-state index contributed by atoms with van der Waals surface area (Å²) < 4.78 is 19.8. The first-order chi connectivity index (χ1) is 13.0. The van der Waals surface area contributed by atoms with Crippen LogP contribution in [0.3, 0.4) is 0 Å². The molecule has 27 heavy (non-hydrogen) atoms. The number of benzene rings is 2. The number of hydrogen-bond acceptors (Lipinski definition) is 4. The predicted molar refractivity (Wildman–Crippen MR) is 101 cm³/mol. The Balaban J connectivity index is 1.67. The van der Waals surface area contributed by atoms with Crippen LogP contribution in [-0.2, 0) is 11.3 Å². The van der Waals surface area contributed by atoms with E-state index in [0.717, 1.165) is 30.9 Å². The number of carbonyl (C=O) groups is 1. The van der Waals surface area contributed by atoms with Crippen LogP contribution in [0.2, 0.25) is 0 Å². The molecule has 5 nitrogen and oxygen atoms in total. The van der Waals surface area contributed by atoms with Crippen molar-refractivity contribution in [1.82, 2.24) is 9.80 Å². The molecule has 1 aliphatic heterocycles. The van der Waals surface area contributed by atoms with Gasteiger partial charge in [-0.3, -0.25) is 14.6 Å². The van der Waals surface area contributed by atoms with Crippen LogP contribution in [0.25, 0.3) is 0 Å². The van der Waals surface area contributed by atoms with Gasteiger partial charge in [0.05, 0.1) is 7.11 Å². The molecular formula is C21H25FN2O3. The smallest absolute Gasteiger partial charge is 0.325 e. The molecule has 0 aliphatic carbocycles. The molecule has 0 unspecified atom stereocenters. The zero-order chi connectivity index (χ0) is 19.4. The number of aryl methyl sites for hydroxylation is 1. The summed E-state index contributed by atoms with van der Waals surface area (Å²) in [7, 11) is 1.65. The molecule has 1 saturated heterocycles. The maximum atomic E-state index is 14.5. The minimum atomic E-state index is -1.01. The van der Waals surface area contributed by atoms with Crippen LogP contribution < -0.4 is 4.74 Å². The number of halogens is 1. The van der Waals surface area contributed by atoms with Crippen molar-refractivity contribution >= 4 is 5.97 Å². The van der Waals surface area contributed by atoms with E-state index >= 15 is 0 Å². The van der Waals surface area contributed by atoms with E-state index in [-0.39, 0.29) is 5.56 Å². The van der Waals surface area contributed by atoms with Crippen molar-refractivity contribution in [3.8, 4) is 5.75 Å². The fraction of sp³-hybridized carbons (Fsp3) is 0.381. The first-order valence-electron chi connectivity index (χ1n) is 9.06. The number of hydrogen-bond donors (Lipinski definition) is 1. The van der Waals surface area contributed by atoms with Crippen LogP contribution in [-0.4, -0.2) is 54.2 Å². The number of piperazine rings is 1. The van der Waals surface area contributed by atoms with Gasteiger partial charge in [-0.1, -0.05) is 30.3 Å². The lowest BCUT2D eigenvalue weighted by Gasteiger charge is -2.38. The van der Waals surface area contributed by atoms with Gasteiger partial charge in [-0.25, -0.2) is 4.39 Å². The van der Waals surface area contributed by atoms with Crippen LogP contribution in [0, 0.1) is 12.7 Å². The van der Waals surface area contributed by atoms with Gasteiger partial charge in [0.1, 0.15) is 17.6 Å². The number of methoxy groups -OCH3 is 1. The van der Waals surface area contributed by atoms with E-state index < -0.39 is 17.8 Å². The summed E-state index contributed by atoms with van der Waals surface area (Å²) in [6.07, 6.45) is 0. The van der Waals surface area contributed by atoms with E-state index in [0.29, 0.717) is 18.7 Å². The van der Waals surface area contributed by atoms with Crippen LogP contribution in [0.4, 0.5) is 4.39 Å². The lowest BCUT2D eigenvalue weighted by molar-refractivity contribution is -0.144. The minimum absolute atomic E-state index is 0.240. The molecule has 0 saturated carbocycles. The zero-order valence-electron chi connectivity index (χ0n) is 15.7. The third-order valence-electron chi connectivity index (χ3n) is 5.06. The second-order valence-electron chi connectivity index (χ2n) is 6.88. The molecule has 0 bridgehead atoms. The van der Waals surface area contributed by atoms with E-state index in [2.05, 4.69) is 11.0 Å².